The van der Waals surface area contributed by atoms with Crippen LogP contribution in [0.1, 0.15) is 17.5 Å². The molecule has 17 N–H and O–H groups in total. The van der Waals surface area contributed by atoms with Crippen LogP contribution < -0.4 is 9.47 Å². The Morgan fingerprint density at radius 3 is 1.70 bits per heavy atom. The van der Waals surface area contributed by atoms with Crippen LogP contribution >= 0.6 is 0 Å². The highest BCUT2D eigenvalue weighted by atomic mass is 16.9. The van der Waals surface area contributed by atoms with Crippen LogP contribution in [0, 0.1) is 5.92 Å². The van der Waals surface area contributed by atoms with Crippen molar-refractivity contribution < 1.29 is 101 Å². The van der Waals surface area contributed by atoms with Crippen molar-refractivity contribution in [3.8, 4) is 11.5 Å². The highest BCUT2D eigenvalue weighted by molar-refractivity contribution is 5.85. The van der Waals surface area contributed by atoms with Gasteiger partial charge in [-0.05, 0) is 12.1 Å². The second-order valence-corrected chi connectivity index (χ2v) is 9.36. The Hall–Kier alpha value is -2.23. The van der Waals surface area contributed by atoms with Crippen molar-refractivity contribution in [3.05, 3.63) is 23.3 Å². The second-order valence-electron chi connectivity index (χ2n) is 9.36. The summed E-state index contributed by atoms with van der Waals surface area (Å²) in [5.41, 5.74) is -10.3. The number of nitrogens with zero attached hydrogens (tertiary/aromatic N) is 1. The van der Waals surface area contributed by atoms with E-state index < -0.39 is 94.2 Å². The van der Waals surface area contributed by atoms with Gasteiger partial charge in [-0.2, -0.15) is 0 Å². The average molecular weight is 589 g/mol. The number of fused-ring (bicyclic) bond motifs is 3. The van der Waals surface area contributed by atoms with E-state index in [0.29, 0.717) is 12.1 Å². The average Bonchev–Trinajstić information content (AvgIpc) is 2.74. The number of methoxy groups -OCH3 is 1. The Morgan fingerprint density at radius 2 is 1.27 bits per heavy atom. The molecular formula is C19H27NO20. The Labute approximate surface area is 220 Å². The van der Waals surface area contributed by atoms with Crippen molar-refractivity contribution >= 4 is 5.78 Å². The normalized spacial score (nSPS) is 25.8. The first-order valence-electron chi connectivity index (χ1n) is 10.6. The standard InChI is InChI=1S/C19H27NO20/c1-39-10-3-7-6(2-11(10)40-19(36,37)38)12(22)4-9(21)8(5-20(12)16(28,29)14(7,25)26)13(23,24)15(27,17(30,31)32)18(33,34)35/h2-3,8,22-38H,4-5H2,1H3. The molecule has 0 saturated carbocycles. The molecule has 21 nitrogen and oxygen atoms in total. The lowest BCUT2D eigenvalue weighted by Crippen LogP contribution is -2.83. The third-order valence-corrected chi connectivity index (χ3v) is 6.81. The van der Waals surface area contributed by atoms with Crippen molar-refractivity contribution in [1.82, 2.24) is 4.90 Å². The van der Waals surface area contributed by atoms with E-state index in [1.165, 1.54) is 0 Å². The predicted molar refractivity (Wildman–Crippen MR) is 111 cm³/mol. The van der Waals surface area contributed by atoms with E-state index in [1.807, 2.05) is 0 Å². The van der Waals surface area contributed by atoms with Crippen LogP contribution in [0.4, 0.5) is 0 Å². The Kier molecular flexibility index (Phi) is 7.17. The maximum Gasteiger partial charge on any atom is 0.453 e. The summed E-state index contributed by atoms with van der Waals surface area (Å²) in [6, 6.07) is 1.02. The number of aliphatic hydroxyl groups is 17. The molecule has 1 fully saturated rings. The number of carbonyl (C=O) groups is 1. The minimum atomic E-state index is -5.11. The van der Waals surface area contributed by atoms with E-state index in [2.05, 4.69) is 4.74 Å². The van der Waals surface area contributed by atoms with Gasteiger partial charge in [0.05, 0.1) is 19.4 Å². The molecule has 1 aromatic rings. The van der Waals surface area contributed by atoms with E-state index in [4.69, 9.17) is 4.74 Å². The van der Waals surface area contributed by atoms with Crippen LogP contribution in [0.2, 0.25) is 0 Å². The zero-order chi connectivity index (χ0) is 31.3. The van der Waals surface area contributed by atoms with E-state index in [-0.39, 0.29) is 4.90 Å². The van der Waals surface area contributed by atoms with E-state index >= 15 is 0 Å². The lowest BCUT2D eigenvalue weighted by atomic mass is 9.70. The number of hydrogen-bond donors (Lipinski definition) is 17. The molecule has 2 atom stereocenters. The zero-order valence-electron chi connectivity index (χ0n) is 19.9. The molecule has 1 saturated heterocycles. The highest BCUT2D eigenvalue weighted by Gasteiger charge is 2.78. The van der Waals surface area contributed by atoms with E-state index in [1.54, 1.807) is 0 Å². The fourth-order valence-corrected chi connectivity index (χ4v) is 4.78. The molecule has 2 aliphatic heterocycles. The first-order valence-corrected chi connectivity index (χ1v) is 10.6. The molecule has 0 amide bonds. The van der Waals surface area contributed by atoms with Gasteiger partial charge in [0.25, 0.3) is 17.3 Å². The summed E-state index contributed by atoms with van der Waals surface area (Å²) < 4.78 is 9.25. The zero-order valence-corrected chi connectivity index (χ0v) is 19.9. The van der Waals surface area contributed by atoms with Gasteiger partial charge in [0, 0.05) is 17.7 Å². The van der Waals surface area contributed by atoms with Gasteiger partial charge in [-0.25, -0.2) is 4.90 Å². The summed E-state index contributed by atoms with van der Waals surface area (Å²) in [5.74, 6) is -29.3. The maximum absolute atomic E-state index is 13.0. The minimum absolute atomic E-state index is 0.266. The maximum atomic E-state index is 13.0. The molecule has 0 radical (unpaired) electrons. The summed E-state index contributed by atoms with van der Waals surface area (Å²) in [7, 11) is 0.915. The first-order chi connectivity index (χ1) is 17.6. The summed E-state index contributed by atoms with van der Waals surface area (Å²) in [4.78, 5) is 12.8. The van der Waals surface area contributed by atoms with Gasteiger partial charge in [-0.1, -0.05) is 0 Å². The fourth-order valence-electron chi connectivity index (χ4n) is 4.78. The Bertz CT molecular complexity index is 1160. The molecule has 21 heteroatoms. The first kappa shape index (κ1) is 32.3. The summed E-state index contributed by atoms with van der Waals surface area (Å²) in [6.45, 7) is -1.81. The van der Waals surface area contributed by atoms with Crippen LogP contribution in [0.5, 0.6) is 11.5 Å². The number of hydrogen-bond acceptors (Lipinski definition) is 21. The Balaban J connectivity index is 2.28. The third kappa shape index (κ3) is 4.34. The number of piperidine rings is 1. The highest BCUT2D eigenvalue weighted by Crippen LogP contribution is 2.55. The predicted octanol–water partition coefficient (Wildman–Crippen LogP) is -9.84. The van der Waals surface area contributed by atoms with E-state index in [0.717, 1.165) is 7.11 Å². The largest absolute Gasteiger partial charge is 0.493 e. The van der Waals surface area contributed by atoms with Gasteiger partial charge in [0.2, 0.25) is 5.79 Å². The Morgan fingerprint density at radius 1 is 0.800 bits per heavy atom. The molecule has 3 rings (SSSR count). The van der Waals surface area contributed by atoms with Crippen molar-refractivity contribution in [2.75, 3.05) is 13.7 Å². The molecule has 1 aromatic carbocycles. The number of ketones is 1. The summed E-state index contributed by atoms with van der Waals surface area (Å²) in [6.07, 6.45) is -5.52. The molecule has 2 unspecified atom stereocenters. The van der Waals surface area contributed by atoms with Gasteiger partial charge in [0.1, 0.15) is 5.78 Å². The van der Waals surface area contributed by atoms with Crippen LogP contribution in [-0.2, 0) is 16.3 Å². The van der Waals surface area contributed by atoms with Crippen molar-refractivity contribution in [3.63, 3.8) is 0 Å². The summed E-state index contributed by atoms with van der Waals surface area (Å²) >= 11 is 0. The van der Waals surface area contributed by atoms with Crippen LogP contribution in [-0.4, -0.2) is 147 Å². The second kappa shape index (κ2) is 8.88. The lowest BCUT2D eigenvalue weighted by molar-refractivity contribution is -0.547. The molecule has 228 valence electrons. The number of ether oxygens (including phenoxy) is 2. The van der Waals surface area contributed by atoms with Crippen molar-refractivity contribution in [1.29, 1.82) is 0 Å². The molecule has 2 aliphatic rings. The number of Topliss-reactive ketones (excluding diaryl/α,β-unsaturated/α-hetero) is 1. The number of rotatable bonds is 7. The quantitative estimate of drug-likeness (QED) is 0.131. The van der Waals surface area contributed by atoms with Gasteiger partial charge in [-0.15, -0.1) is 0 Å². The topological polar surface area (TPSA) is 383 Å². The SMILES string of the molecule is COc1cc2c(cc1OC(O)(O)O)C1(O)CC(=O)C(C(O)(O)C(O)(C(O)(O)O)C(O)(O)O)CN1C(O)(O)C2(O)O. The number of carbonyl (C=O) groups excluding carboxylic acids is 1. The van der Waals surface area contributed by atoms with Gasteiger partial charge < -0.3 is 96.3 Å². The van der Waals surface area contributed by atoms with Gasteiger partial charge in [0.15, 0.2) is 17.2 Å². The van der Waals surface area contributed by atoms with Gasteiger partial charge >= 0.3 is 18.1 Å². The van der Waals surface area contributed by atoms with Crippen molar-refractivity contribution in [2.24, 2.45) is 5.92 Å². The molecule has 0 aliphatic carbocycles. The van der Waals surface area contributed by atoms with Crippen LogP contribution in [0.3, 0.4) is 0 Å². The summed E-state index contributed by atoms with van der Waals surface area (Å²) in [5, 5.41) is 170. The smallest absolute Gasteiger partial charge is 0.453 e. The van der Waals surface area contributed by atoms with Gasteiger partial charge in [-0.3, -0.25) is 4.79 Å². The fraction of sp³-hybridized carbons (Fsp3) is 0.632. The lowest BCUT2D eigenvalue weighted by Gasteiger charge is -2.59. The molecule has 40 heavy (non-hydrogen) atoms. The number of benzene rings is 1. The molecule has 0 spiro atoms. The molecular weight excluding hydrogens is 562 g/mol. The minimum Gasteiger partial charge on any atom is -0.493 e. The molecule has 0 aromatic heterocycles. The van der Waals surface area contributed by atoms with Crippen LogP contribution in [0.25, 0.3) is 0 Å². The monoisotopic (exact) mass is 589 g/mol. The van der Waals surface area contributed by atoms with E-state index in [9.17, 15) is 91.6 Å². The molecule has 2 heterocycles. The third-order valence-electron chi connectivity index (χ3n) is 6.81. The molecule has 0 bridgehead atoms. The van der Waals surface area contributed by atoms with Crippen LogP contribution in [0.15, 0.2) is 12.1 Å². The van der Waals surface area contributed by atoms with Crippen molar-refractivity contribution in [2.45, 2.75) is 53.3 Å².